The topological polar surface area (TPSA) is 25.8 Å². The van der Waals surface area contributed by atoms with Crippen LogP contribution in [0.3, 0.4) is 0 Å². The standard InChI is InChI=1S/C12H12Br2N2S/c1-3-9(13)12-16-15-11(17-12)8-5-4-6-10(14)7(8)2/h4-6,9H,3H2,1-2H3. The molecule has 5 heteroatoms. The summed E-state index contributed by atoms with van der Waals surface area (Å²) in [4.78, 5) is 0.307. The molecule has 0 saturated heterocycles. The lowest BCUT2D eigenvalue weighted by Crippen LogP contribution is -1.85. The normalized spacial score (nSPS) is 12.7. The minimum Gasteiger partial charge on any atom is -0.142 e. The van der Waals surface area contributed by atoms with Gasteiger partial charge in [0.1, 0.15) is 10.0 Å². The largest absolute Gasteiger partial charge is 0.148 e. The van der Waals surface area contributed by atoms with Gasteiger partial charge in [-0.2, -0.15) is 0 Å². The van der Waals surface area contributed by atoms with E-state index >= 15 is 0 Å². The number of alkyl halides is 1. The number of rotatable bonds is 3. The molecule has 1 unspecified atom stereocenters. The predicted molar refractivity (Wildman–Crippen MR) is 79.7 cm³/mol. The second-order valence-corrected chi connectivity index (χ2v) is 6.70. The SMILES string of the molecule is CCC(Br)c1nnc(-c2cccc(Br)c2C)s1. The highest BCUT2D eigenvalue weighted by atomic mass is 79.9. The van der Waals surface area contributed by atoms with Crippen molar-refractivity contribution >= 4 is 43.2 Å². The van der Waals surface area contributed by atoms with E-state index in [1.165, 1.54) is 5.56 Å². The van der Waals surface area contributed by atoms with Crippen LogP contribution in [0.25, 0.3) is 10.6 Å². The fraction of sp³-hybridized carbons (Fsp3) is 0.333. The van der Waals surface area contributed by atoms with Crippen molar-refractivity contribution in [1.82, 2.24) is 10.2 Å². The molecule has 17 heavy (non-hydrogen) atoms. The summed E-state index contributed by atoms with van der Waals surface area (Å²) in [7, 11) is 0. The van der Waals surface area contributed by atoms with Crippen molar-refractivity contribution in [2.24, 2.45) is 0 Å². The Bertz CT molecular complexity index is 525. The zero-order valence-electron chi connectivity index (χ0n) is 9.58. The van der Waals surface area contributed by atoms with Crippen molar-refractivity contribution in [2.45, 2.75) is 25.1 Å². The molecule has 0 amide bonds. The molecule has 0 spiro atoms. The zero-order chi connectivity index (χ0) is 12.4. The van der Waals surface area contributed by atoms with Gasteiger partial charge in [-0.3, -0.25) is 0 Å². The summed E-state index contributed by atoms with van der Waals surface area (Å²) in [6, 6.07) is 6.15. The van der Waals surface area contributed by atoms with Gasteiger partial charge in [0.2, 0.25) is 0 Å². The van der Waals surface area contributed by atoms with Crippen LogP contribution in [0.1, 0.15) is 28.7 Å². The molecule has 1 aromatic heterocycles. The smallest absolute Gasteiger partial charge is 0.142 e. The maximum absolute atomic E-state index is 4.28. The van der Waals surface area contributed by atoms with Gasteiger partial charge in [-0.05, 0) is 25.0 Å². The molecular weight excluding hydrogens is 364 g/mol. The summed E-state index contributed by atoms with van der Waals surface area (Å²) in [6.45, 7) is 4.22. The van der Waals surface area contributed by atoms with E-state index in [0.717, 1.165) is 26.5 Å². The molecule has 0 aliphatic rings. The molecule has 1 atom stereocenters. The van der Waals surface area contributed by atoms with Crippen LogP contribution in [-0.2, 0) is 0 Å². The van der Waals surface area contributed by atoms with Crippen molar-refractivity contribution in [1.29, 1.82) is 0 Å². The number of aromatic nitrogens is 2. The molecule has 2 rings (SSSR count). The van der Waals surface area contributed by atoms with E-state index in [1.54, 1.807) is 11.3 Å². The third-order valence-corrected chi connectivity index (χ3v) is 5.88. The van der Waals surface area contributed by atoms with Gasteiger partial charge in [0.25, 0.3) is 0 Å². The molecule has 0 radical (unpaired) electrons. The van der Waals surface area contributed by atoms with Gasteiger partial charge in [0, 0.05) is 10.0 Å². The van der Waals surface area contributed by atoms with Crippen LogP contribution in [0.15, 0.2) is 22.7 Å². The van der Waals surface area contributed by atoms with Gasteiger partial charge in [-0.15, -0.1) is 10.2 Å². The summed E-state index contributed by atoms with van der Waals surface area (Å²) in [5.41, 5.74) is 2.36. The Balaban J connectivity index is 2.40. The van der Waals surface area contributed by atoms with E-state index in [0.29, 0.717) is 4.83 Å². The minimum atomic E-state index is 0.307. The van der Waals surface area contributed by atoms with Gasteiger partial charge >= 0.3 is 0 Å². The van der Waals surface area contributed by atoms with Crippen molar-refractivity contribution in [2.75, 3.05) is 0 Å². The van der Waals surface area contributed by atoms with Crippen LogP contribution >= 0.6 is 43.2 Å². The van der Waals surface area contributed by atoms with E-state index in [-0.39, 0.29) is 0 Å². The van der Waals surface area contributed by atoms with Crippen LogP contribution < -0.4 is 0 Å². The second-order valence-electron chi connectivity index (χ2n) is 3.73. The maximum atomic E-state index is 4.28. The Morgan fingerprint density at radius 2 is 2.12 bits per heavy atom. The number of nitrogens with zero attached hydrogens (tertiary/aromatic N) is 2. The van der Waals surface area contributed by atoms with Crippen molar-refractivity contribution in [3.63, 3.8) is 0 Å². The van der Waals surface area contributed by atoms with Crippen LogP contribution in [0.5, 0.6) is 0 Å². The summed E-state index contributed by atoms with van der Waals surface area (Å²) in [5.74, 6) is 0. The first kappa shape index (κ1) is 13.2. The molecule has 0 aliphatic carbocycles. The highest BCUT2D eigenvalue weighted by molar-refractivity contribution is 9.10. The minimum absolute atomic E-state index is 0.307. The average Bonchev–Trinajstić information content (AvgIpc) is 2.81. The Morgan fingerprint density at radius 1 is 1.35 bits per heavy atom. The molecule has 2 aromatic rings. The fourth-order valence-corrected chi connectivity index (χ4v) is 3.21. The molecule has 0 N–H and O–H groups in total. The third kappa shape index (κ3) is 2.77. The lowest BCUT2D eigenvalue weighted by molar-refractivity contribution is 0.870. The Labute approximate surface area is 122 Å². The van der Waals surface area contributed by atoms with Gasteiger partial charge in [-0.25, -0.2) is 0 Å². The van der Waals surface area contributed by atoms with E-state index in [4.69, 9.17) is 0 Å². The highest BCUT2D eigenvalue weighted by Crippen LogP contribution is 2.35. The molecule has 2 nitrogen and oxygen atoms in total. The van der Waals surface area contributed by atoms with Crippen LogP contribution in [0.2, 0.25) is 0 Å². The summed E-state index contributed by atoms with van der Waals surface area (Å²) < 4.78 is 1.11. The highest BCUT2D eigenvalue weighted by Gasteiger charge is 2.14. The van der Waals surface area contributed by atoms with Crippen molar-refractivity contribution in [3.8, 4) is 10.6 Å². The van der Waals surface area contributed by atoms with Gasteiger partial charge in [0.05, 0.1) is 4.83 Å². The Morgan fingerprint density at radius 3 is 2.82 bits per heavy atom. The van der Waals surface area contributed by atoms with E-state index < -0.39 is 0 Å². The molecular formula is C12H12Br2N2S. The molecule has 0 fully saturated rings. The van der Waals surface area contributed by atoms with Crippen LogP contribution in [-0.4, -0.2) is 10.2 Å². The second kappa shape index (κ2) is 5.59. The molecule has 1 aromatic carbocycles. The first-order valence-corrected chi connectivity index (χ1v) is 7.89. The molecule has 0 bridgehead atoms. The maximum Gasteiger partial charge on any atom is 0.148 e. The lowest BCUT2D eigenvalue weighted by Gasteiger charge is -2.03. The van der Waals surface area contributed by atoms with Gasteiger partial charge in [0.15, 0.2) is 0 Å². The third-order valence-electron chi connectivity index (χ3n) is 2.57. The summed E-state index contributed by atoms with van der Waals surface area (Å²) in [6.07, 6.45) is 1.02. The number of halogens is 2. The van der Waals surface area contributed by atoms with Crippen LogP contribution in [0.4, 0.5) is 0 Å². The Kier molecular flexibility index (Phi) is 4.33. The van der Waals surface area contributed by atoms with E-state index in [1.807, 2.05) is 12.1 Å². The van der Waals surface area contributed by atoms with Crippen molar-refractivity contribution in [3.05, 3.63) is 33.2 Å². The molecule has 0 aliphatic heterocycles. The molecule has 0 saturated carbocycles. The fourth-order valence-electron chi connectivity index (χ4n) is 1.48. The first-order chi connectivity index (χ1) is 8.13. The van der Waals surface area contributed by atoms with E-state index in [9.17, 15) is 0 Å². The zero-order valence-corrected chi connectivity index (χ0v) is 13.6. The number of hydrogen-bond donors (Lipinski definition) is 0. The summed E-state index contributed by atoms with van der Waals surface area (Å²) >= 11 is 8.79. The molecule has 1 heterocycles. The first-order valence-electron chi connectivity index (χ1n) is 5.36. The monoisotopic (exact) mass is 374 g/mol. The average molecular weight is 376 g/mol. The van der Waals surface area contributed by atoms with Crippen molar-refractivity contribution < 1.29 is 0 Å². The number of benzene rings is 1. The van der Waals surface area contributed by atoms with Gasteiger partial charge in [-0.1, -0.05) is 62.3 Å². The lowest BCUT2D eigenvalue weighted by atomic mass is 10.1. The summed E-state index contributed by atoms with van der Waals surface area (Å²) in [5, 5.41) is 10.5. The molecule has 90 valence electrons. The van der Waals surface area contributed by atoms with Crippen LogP contribution in [0, 0.1) is 6.92 Å². The van der Waals surface area contributed by atoms with E-state index in [2.05, 4.69) is 62.0 Å². The quantitative estimate of drug-likeness (QED) is 0.695. The Hall–Kier alpha value is -0.260. The number of hydrogen-bond acceptors (Lipinski definition) is 3. The van der Waals surface area contributed by atoms with Gasteiger partial charge < -0.3 is 0 Å². The predicted octanol–water partition coefficient (Wildman–Crippen LogP) is 5.12.